The van der Waals surface area contributed by atoms with Gasteiger partial charge in [0, 0.05) is 30.1 Å². The van der Waals surface area contributed by atoms with Crippen molar-refractivity contribution in [2.75, 3.05) is 32.2 Å². The molecule has 174 valence electrons. The fourth-order valence-corrected chi connectivity index (χ4v) is 4.84. The summed E-state index contributed by atoms with van der Waals surface area (Å²) in [5.74, 6) is 0.0627. The van der Waals surface area contributed by atoms with E-state index in [2.05, 4.69) is 4.98 Å². The van der Waals surface area contributed by atoms with Crippen LogP contribution in [0.1, 0.15) is 40.1 Å². The summed E-state index contributed by atoms with van der Waals surface area (Å²) >= 11 is 3.02. The van der Waals surface area contributed by atoms with E-state index >= 15 is 0 Å². The Kier molecular flexibility index (Phi) is 10.5. The van der Waals surface area contributed by atoms with Crippen LogP contribution in [0.5, 0.6) is 0 Å². The van der Waals surface area contributed by atoms with Gasteiger partial charge in [-0.25, -0.2) is 9.78 Å². The lowest BCUT2D eigenvalue weighted by molar-refractivity contribution is -0.147. The molecule has 0 aliphatic carbocycles. The third-order valence-electron chi connectivity index (χ3n) is 5.46. The zero-order chi connectivity index (χ0) is 22.2. The minimum absolute atomic E-state index is 0. The zero-order valence-corrected chi connectivity index (χ0v) is 20.6. The largest absolute Gasteiger partial charge is 0.467 e. The molecule has 0 N–H and O–H groups in total. The van der Waals surface area contributed by atoms with Gasteiger partial charge in [-0.3, -0.25) is 9.59 Å². The Morgan fingerprint density at radius 2 is 1.94 bits per heavy atom. The first kappa shape index (κ1) is 26.2. The molecule has 0 radical (unpaired) electrons. The number of aromatic nitrogens is 1. The van der Waals surface area contributed by atoms with Crippen LogP contribution in [-0.4, -0.2) is 76.9 Å². The average molecular weight is 498 g/mol. The zero-order valence-electron chi connectivity index (χ0n) is 18.1. The van der Waals surface area contributed by atoms with Gasteiger partial charge in [-0.1, -0.05) is 18.2 Å². The first-order chi connectivity index (χ1) is 15.1. The van der Waals surface area contributed by atoms with Gasteiger partial charge in [0.15, 0.2) is 0 Å². The summed E-state index contributed by atoms with van der Waals surface area (Å²) in [6.45, 7) is 1.02. The number of likely N-dealkylation sites (tertiary alicyclic amines) is 1. The molecule has 2 heterocycles. The molecule has 0 bridgehead atoms. The molecule has 0 unspecified atom stereocenters. The number of ether oxygens (including phenoxy) is 1. The lowest BCUT2D eigenvalue weighted by Crippen LogP contribution is -2.55. The van der Waals surface area contributed by atoms with Crippen molar-refractivity contribution >= 4 is 53.3 Å². The molecule has 1 aromatic carbocycles. The molecule has 1 atom stereocenters. The maximum Gasteiger partial charge on any atom is 0.328 e. The van der Waals surface area contributed by atoms with Crippen LogP contribution in [0.4, 0.5) is 0 Å². The fourth-order valence-electron chi connectivity index (χ4n) is 3.85. The molecule has 3 rings (SSSR count). The number of halogens is 1. The highest BCUT2D eigenvalue weighted by molar-refractivity contribution is 7.98. The number of carbonyl (C=O) groups is 3. The molecular weight excluding hydrogens is 470 g/mol. The summed E-state index contributed by atoms with van der Waals surface area (Å²) in [6.07, 6.45) is 3.69. The molecule has 2 aromatic rings. The monoisotopic (exact) mass is 497 g/mol. The predicted molar refractivity (Wildman–Crippen MR) is 130 cm³/mol. The van der Waals surface area contributed by atoms with Crippen LogP contribution >= 0.6 is 35.5 Å². The number of carbonyl (C=O) groups excluding carboxylic acids is 3. The highest BCUT2D eigenvalue weighted by atomic mass is 35.5. The number of thioether (sulfide) groups is 1. The van der Waals surface area contributed by atoms with E-state index in [0.29, 0.717) is 43.6 Å². The van der Waals surface area contributed by atoms with Crippen LogP contribution in [-0.2, 0) is 9.53 Å². The standard InChI is InChI=1S/C22H27N3O4S2.ClH/c1-29-22(28)19(10-13-30-2)25(20(26)16-6-4-3-5-7-16)17-8-11-24(12-9-17)21(27)18-14-31-15-23-18;/h3-7,14-15,17,19H,8-13H2,1-2H3;1H/t19-;/m0./s1. The van der Waals surface area contributed by atoms with Gasteiger partial charge in [0.1, 0.15) is 11.7 Å². The van der Waals surface area contributed by atoms with E-state index in [-0.39, 0.29) is 30.3 Å². The summed E-state index contributed by atoms with van der Waals surface area (Å²) in [5, 5.41) is 1.75. The molecule has 7 nitrogen and oxygen atoms in total. The van der Waals surface area contributed by atoms with E-state index < -0.39 is 12.0 Å². The summed E-state index contributed by atoms with van der Waals surface area (Å²) in [4.78, 5) is 46.4. The number of amides is 2. The van der Waals surface area contributed by atoms with Crippen molar-refractivity contribution in [2.24, 2.45) is 0 Å². The summed E-state index contributed by atoms with van der Waals surface area (Å²) in [6, 6.07) is 8.20. The van der Waals surface area contributed by atoms with Crippen LogP contribution in [0.25, 0.3) is 0 Å². The van der Waals surface area contributed by atoms with Gasteiger partial charge >= 0.3 is 5.97 Å². The van der Waals surface area contributed by atoms with Gasteiger partial charge in [0.25, 0.3) is 11.8 Å². The summed E-state index contributed by atoms with van der Waals surface area (Å²) in [7, 11) is 1.36. The van der Waals surface area contributed by atoms with Crippen LogP contribution in [0.15, 0.2) is 41.2 Å². The van der Waals surface area contributed by atoms with E-state index in [1.165, 1.54) is 18.4 Å². The lowest BCUT2D eigenvalue weighted by Gasteiger charge is -2.41. The Bertz CT molecular complexity index is 875. The Morgan fingerprint density at radius 1 is 1.25 bits per heavy atom. The second kappa shape index (κ2) is 12.8. The van der Waals surface area contributed by atoms with Gasteiger partial charge in [0.2, 0.25) is 0 Å². The van der Waals surface area contributed by atoms with Crippen molar-refractivity contribution in [1.29, 1.82) is 0 Å². The number of piperidine rings is 1. The van der Waals surface area contributed by atoms with Gasteiger partial charge in [-0.05, 0) is 43.4 Å². The number of hydrogen-bond donors (Lipinski definition) is 0. The van der Waals surface area contributed by atoms with Gasteiger partial charge < -0.3 is 14.5 Å². The normalized spacial score (nSPS) is 14.9. The van der Waals surface area contributed by atoms with Crippen molar-refractivity contribution in [1.82, 2.24) is 14.8 Å². The molecule has 1 aliphatic heterocycles. The van der Waals surface area contributed by atoms with E-state index in [4.69, 9.17) is 4.74 Å². The first-order valence-corrected chi connectivity index (χ1v) is 12.5. The number of benzene rings is 1. The Balaban J connectivity index is 0.00000363. The fraction of sp³-hybridized carbons (Fsp3) is 0.455. The Morgan fingerprint density at radius 3 is 2.50 bits per heavy atom. The highest BCUT2D eigenvalue weighted by Crippen LogP contribution is 2.25. The molecule has 1 fully saturated rings. The lowest BCUT2D eigenvalue weighted by atomic mass is 9.98. The number of thiazole rings is 1. The van der Waals surface area contributed by atoms with Crippen molar-refractivity contribution in [3.63, 3.8) is 0 Å². The third-order valence-corrected chi connectivity index (χ3v) is 6.69. The molecule has 1 aromatic heterocycles. The first-order valence-electron chi connectivity index (χ1n) is 10.2. The second-order valence-corrected chi connectivity index (χ2v) is 9.00. The Labute approximate surface area is 202 Å². The number of nitrogens with zero attached hydrogens (tertiary/aromatic N) is 3. The van der Waals surface area contributed by atoms with Crippen molar-refractivity contribution < 1.29 is 19.1 Å². The topological polar surface area (TPSA) is 79.8 Å². The maximum absolute atomic E-state index is 13.5. The third kappa shape index (κ3) is 6.24. The van der Waals surface area contributed by atoms with Crippen LogP contribution in [0, 0.1) is 0 Å². The molecule has 1 saturated heterocycles. The molecular formula is C22H28ClN3O4S2. The quantitative estimate of drug-likeness (QED) is 0.518. The molecule has 2 amide bonds. The summed E-state index contributed by atoms with van der Waals surface area (Å²) in [5.41, 5.74) is 2.64. The molecule has 10 heteroatoms. The van der Waals surface area contributed by atoms with Crippen LogP contribution in [0.2, 0.25) is 0 Å². The molecule has 0 saturated carbocycles. The predicted octanol–water partition coefficient (Wildman–Crippen LogP) is 3.61. The van der Waals surface area contributed by atoms with E-state index in [9.17, 15) is 14.4 Å². The minimum atomic E-state index is -0.657. The van der Waals surface area contributed by atoms with Crippen molar-refractivity contribution in [2.45, 2.75) is 31.3 Å². The SMILES string of the molecule is COC(=O)[C@H](CCSC)N(C(=O)c1ccccc1)C1CCN(C(=O)c2cscn2)CC1.Cl. The second-order valence-electron chi connectivity index (χ2n) is 7.30. The number of methoxy groups -OCH3 is 1. The number of hydrogen-bond acceptors (Lipinski definition) is 7. The van der Waals surface area contributed by atoms with Crippen molar-refractivity contribution in [3.05, 3.63) is 52.5 Å². The smallest absolute Gasteiger partial charge is 0.328 e. The van der Waals surface area contributed by atoms with Gasteiger partial charge in [-0.15, -0.1) is 23.7 Å². The highest BCUT2D eigenvalue weighted by Gasteiger charge is 2.38. The van der Waals surface area contributed by atoms with Crippen molar-refractivity contribution in [3.8, 4) is 0 Å². The molecule has 32 heavy (non-hydrogen) atoms. The minimum Gasteiger partial charge on any atom is -0.467 e. The Hall–Kier alpha value is -2.10. The van der Waals surface area contributed by atoms with Crippen LogP contribution < -0.4 is 0 Å². The average Bonchev–Trinajstić information content (AvgIpc) is 3.36. The molecule has 1 aliphatic rings. The number of rotatable bonds is 8. The summed E-state index contributed by atoms with van der Waals surface area (Å²) < 4.78 is 5.06. The van der Waals surface area contributed by atoms with E-state index in [1.54, 1.807) is 44.6 Å². The van der Waals surface area contributed by atoms with E-state index in [1.807, 2.05) is 24.5 Å². The van der Waals surface area contributed by atoms with Gasteiger partial charge in [-0.2, -0.15) is 11.8 Å². The van der Waals surface area contributed by atoms with Gasteiger partial charge in [0.05, 0.1) is 12.6 Å². The number of esters is 1. The van der Waals surface area contributed by atoms with Crippen LogP contribution in [0.3, 0.4) is 0 Å². The van der Waals surface area contributed by atoms with E-state index in [0.717, 1.165) is 5.75 Å². The maximum atomic E-state index is 13.5. The molecule has 0 spiro atoms.